The second kappa shape index (κ2) is 14.2. The molecule has 0 amide bonds. The first kappa shape index (κ1) is 24.2. The molecule has 1 atom stereocenters. The summed E-state index contributed by atoms with van der Waals surface area (Å²) in [4.78, 5) is 24.8. The van der Waals surface area contributed by atoms with Gasteiger partial charge in [0.15, 0.2) is 0 Å². The van der Waals surface area contributed by atoms with Crippen molar-refractivity contribution in [2.75, 3.05) is 13.2 Å². The van der Waals surface area contributed by atoms with Crippen LogP contribution in [0.2, 0.25) is 0 Å². The predicted octanol–water partition coefficient (Wildman–Crippen LogP) is 6.43. The molecule has 0 saturated heterocycles. The van der Waals surface area contributed by atoms with E-state index in [1.165, 1.54) is 25.7 Å². The number of carbonyl (C=O) groups excluding carboxylic acids is 2. The lowest BCUT2D eigenvalue weighted by atomic mass is 10.0. The van der Waals surface area contributed by atoms with Crippen molar-refractivity contribution in [3.8, 4) is 0 Å². The SMILES string of the molecule is CCC[C@@H](C)COC(=O)c1ccccc1C(=O)OCCCCCCCC(C)C. The minimum atomic E-state index is -0.458. The maximum absolute atomic E-state index is 12.4. The molecule has 0 spiro atoms. The molecule has 158 valence electrons. The summed E-state index contributed by atoms with van der Waals surface area (Å²) in [5.41, 5.74) is 0.567. The molecule has 28 heavy (non-hydrogen) atoms. The molecule has 0 aromatic heterocycles. The smallest absolute Gasteiger partial charge is 0.339 e. The van der Waals surface area contributed by atoms with E-state index in [0.29, 0.717) is 19.1 Å². The number of carbonyl (C=O) groups is 2. The summed E-state index contributed by atoms with van der Waals surface area (Å²) < 4.78 is 10.8. The Balaban J connectivity index is 2.39. The van der Waals surface area contributed by atoms with Crippen LogP contribution in [0.4, 0.5) is 0 Å². The lowest BCUT2D eigenvalue weighted by molar-refractivity contribution is 0.0416. The fourth-order valence-electron chi connectivity index (χ4n) is 3.14. The van der Waals surface area contributed by atoms with Crippen molar-refractivity contribution in [2.24, 2.45) is 11.8 Å². The zero-order chi connectivity index (χ0) is 20.8. The number of hydrogen-bond acceptors (Lipinski definition) is 4. The largest absolute Gasteiger partial charge is 0.462 e. The van der Waals surface area contributed by atoms with Crippen LogP contribution in [0.1, 0.15) is 99.8 Å². The second-order valence-corrected chi connectivity index (χ2v) is 8.12. The van der Waals surface area contributed by atoms with E-state index in [1.807, 2.05) is 0 Å². The minimum Gasteiger partial charge on any atom is -0.462 e. The summed E-state index contributed by atoms with van der Waals surface area (Å²) in [6.07, 6.45) is 8.93. The van der Waals surface area contributed by atoms with Gasteiger partial charge in [0.1, 0.15) is 0 Å². The Kier molecular flexibility index (Phi) is 12.3. The summed E-state index contributed by atoms with van der Waals surface area (Å²) in [7, 11) is 0. The van der Waals surface area contributed by atoms with E-state index in [0.717, 1.165) is 31.6 Å². The van der Waals surface area contributed by atoms with E-state index in [4.69, 9.17) is 9.47 Å². The highest BCUT2D eigenvalue weighted by Crippen LogP contribution is 2.15. The van der Waals surface area contributed by atoms with Crippen molar-refractivity contribution in [2.45, 2.75) is 79.1 Å². The third-order valence-corrected chi connectivity index (χ3v) is 4.81. The van der Waals surface area contributed by atoms with Gasteiger partial charge in [0.2, 0.25) is 0 Å². The standard InChI is InChI=1S/C24H38O4/c1-5-13-20(4)18-28-24(26)22-16-11-10-15-21(22)23(25)27-17-12-8-6-7-9-14-19(2)3/h10-11,15-16,19-20H,5-9,12-14,17-18H2,1-4H3/t20-/m1/s1. The number of esters is 2. The highest BCUT2D eigenvalue weighted by Gasteiger charge is 2.19. The van der Waals surface area contributed by atoms with E-state index in [1.54, 1.807) is 24.3 Å². The van der Waals surface area contributed by atoms with E-state index >= 15 is 0 Å². The predicted molar refractivity (Wildman–Crippen MR) is 114 cm³/mol. The average molecular weight is 391 g/mol. The number of unbranched alkanes of at least 4 members (excludes halogenated alkanes) is 4. The molecule has 0 unspecified atom stereocenters. The zero-order valence-electron chi connectivity index (χ0n) is 18.2. The van der Waals surface area contributed by atoms with Crippen LogP contribution < -0.4 is 0 Å². The number of ether oxygens (including phenoxy) is 2. The molecule has 0 radical (unpaired) electrons. The maximum Gasteiger partial charge on any atom is 0.339 e. The van der Waals surface area contributed by atoms with Crippen LogP contribution in [-0.4, -0.2) is 25.2 Å². The van der Waals surface area contributed by atoms with Crippen molar-refractivity contribution in [1.82, 2.24) is 0 Å². The topological polar surface area (TPSA) is 52.6 Å². The Morgan fingerprint density at radius 2 is 1.39 bits per heavy atom. The Morgan fingerprint density at radius 1 is 0.821 bits per heavy atom. The van der Waals surface area contributed by atoms with Crippen molar-refractivity contribution >= 4 is 11.9 Å². The van der Waals surface area contributed by atoms with Gasteiger partial charge >= 0.3 is 11.9 Å². The van der Waals surface area contributed by atoms with E-state index < -0.39 is 11.9 Å². The summed E-state index contributed by atoms with van der Waals surface area (Å²) in [5.74, 6) is 0.172. The lowest BCUT2D eigenvalue weighted by Gasteiger charge is -2.13. The van der Waals surface area contributed by atoms with Gasteiger partial charge < -0.3 is 9.47 Å². The number of hydrogen-bond donors (Lipinski definition) is 0. The molecule has 0 heterocycles. The van der Waals surface area contributed by atoms with Crippen LogP contribution in [0.3, 0.4) is 0 Å². The molecular weight excluding hydrogens is 352 g/mol. The molecule has 0 saturated carbocycles. The Labute approximate surface area is 171 Å². The number of rotatable bonds is 14. The molecule has 0 N–H and O–H groups in total. The zero-order valence-corrected chi connectivity index (χ0v) is 18.2. The molecule has 0 aliphatic rings. The molecule has 0 fully saturated rings. The minimum absolute atomic E-state index is 0.282. The fraction of sp³-hybridized carbons (Fsp3) is 0.667. The van der Waals surface area contributed by atoms with E-state index in [9.17, 15) is 9.59 Å². The monoisotopic (exact) mass is 390 g/mol. The molecular formula is C24H38O4. The van der Waals surface area contributed by atoms with Gasteiger partial charge in [0, 0.05) is 0 Å². The summed E-state index contributed by atoms with van der Waals surface area (Å²) >= 11 is 0. The first-order valence-corrected chi connectivity index (χ1v) is 10.9. The average Bonchev–Trinajstić information content (AvgIpc) is 2.68. The molecule has 1 rings (SSSR count). The molecule has 1 aromatic rings. The summed E-state index contributed by atoms with van der Waals surface area (Å²) in [6, 6.07) is 6.72. The normalized spacial score (nSPS) is 12.0. The van der Waals surface area contributed by atoms with E-state index in [2.05, 4.69) is 27.7 Å². The van der Waals surface area contributed by atoms with Crippen LogP contribution in [-0.2, 0) is 9.47 Å². The second-order valence-electron chi connectivity index (χ2n) is 8.12. The third-order valence-electron chi connectivity index (χ3n) is 4.81. The highest BCUT2D eigenvalue weighted by atomic mass is 16.5. The Morgan fingerprint density at radius 3 is 2.00 bits per heavy atom. The quantitative estimate of drug-likeness (QED) is 0.271. The van der Waals surface area contributed by atoms with Crippen molar-refractivity contribution in [3.63, 3.8) is 0 Å². The molecule has 4 heteroatoms. The van der Waals surface area contributed by atoms with Crippen molar-refractivity contribution < 1.29 is 19.1 Å². The lowest BCUT2D eigenvalue weighted by Crippen LogP contribution is -2.17. The van der Waals surface area contributed by atoms with Crippen LogP contribution in [0.15, 0.2) is 24.3 Å². The van der Waals surface area contributed by atoms with Gasteiger partial charge in [-0.3, -0.25) is 0 Å². The van der Waals surface area contributed by atoms with E-state index in [-0.39, 0.29) is 11.1 Å². The first-order valence-electron chi connectivity index (χ1n) is 10.9. The van der Waals surface area contributed by atoms with Gasteiger partial charge in [-0.2, -0.15) is 0 Å². The van der Waals surface area contributed by atoms with Crippen molar-refractivity contribution in [3.05, 3.63) is 35.4 Å². The van der Waals surface area contributed by atoms with Gasteiger partial charge in [-0.1, -0.05) is 78.4 Å². The Hall–Kier alpha value is -1.84. The van der Waals surface area contributed by atoms with Crippen LogP contribution in [0.5, 0.6) is 0 Å². The van der Waals surface area contributed by atoms with Crippen LogP contribution >= 0.6 is 0 Å². The first-order chi connectivity index (χ1) is 13.5. The van der Waals surface area contributed by atoms with Gasteiger partial charge in [-0.25, -0.2) is 9.59 Å². The van der Waals surface area contributed by atoms with Gasteiger partial charge in [-0.15, -0.1) is 0 Å². The van der Waals surface area contributed by atoms with Crippen LogP contribution in [0.25, 0.3) is 0 Å². The maximum atomic E-state index is 12.4. The molecule has 4 nitrogen and oxygen atoms in total. The summed E-state index contributed by atoms with van der Waals surface area (Å²) in [6.45, 7) is 9.42. The summed E-state index contributed by atoms with van der Waals surface area (Å²) in [5, 5.41) is 0. The Bertz CT molecular complexity index is 580. The fourth-order valence-corrected chi connectivity index (χ4v) is 3.14. The van der Waals surface area contributed by atoms with Gasteiger partial charge in [0.05, 0.1) is 24.3 Å². The molecule has 0 aliphatic carbocycles. The molecule has 0 aliphatic heterocycles. The highest BCUT2D eigenvalue weighted by molar-refractivity contribution is 6.03. The molecule has 0 bridgehead atoms. The van der Waals surface area contributed by atoms with Crippen molar-refractivity contribution in [1.29, 1.82) is 0 Å². The number of benzene rings is 1. The van der Waals surface area contributed by atoms with Crippen LogP contribution in [0, 0.1) is 11.8 Å². The van der Waals surface area contributed by atoms with Gasteiger partial charge in [-0.05, 0) is 36.8 Å². The third kappa shape index (κ3) is 9.91. The molecule has 1 aromatic carbocycles. The van der Waals surface area contributed by atoms with Gasteiger partial charge in [0.25, 0.3) is 0 Å².